The van der Waals surface area contributed by atoms with Gasteiger partial charge >= 0.3 is 0 Å². The van der Waals surface area contributed by atoms with Crippen LogP contribution in [0.25, 0.3) is 0 Å². The molecule has 0 saturated carbocycles. The van der Waals surface area contributed by atoms with E-state index in [-0.39, 0.29) is 0 Å². The number of halogens is 1. The lowest BCUT2D eigenvalue weighted by Crippen LogP contribution is -2.46. The fourth-order valence-corrected chi connectivity index (χ4v) is 5.10. The predicted octanol–water partition coefficient (Wildman–Crippen LogP) is 5.02. The van der Waals surface area contributed by atoms with Crippen LogP contribution in [-0.4, -0.2) is 46.1 Å². The third-order valence-electron chi connectivity index (χ3n) is 5.43. The van der Waals surface area contributed by atoms with Gasteiger partial charge in [0, 0.05) is 5.02 Å². The Morgan fingerprint density at radius 1 is 1.00 bits per heavy atom. The quantitative estimate of drug-likeness (QED) is 0.227. The van der Waals surface area contributed by atoms with Crippen LogP contribution in [-0.2, 0) is 21.4 Å². The second-order valence-electron chi connectivity index (χ2n) is 8.45. The van der Waals surface area contributed by atoms with Crippen LogP contribution in [0.3, 0.4) is 0 Å². The SMILES string of the molecule is CCOc1ccc(N([C@@H](C)C(=O)N/N=C\c2ccc(OCc3cccc(Cl)c3)c(OCC)c2)S(C)(=O)=O)cc1. The molecule has 0 aromatic heterocycles. The monoisotopic (exact) mass is 573 g/mol. The predicted molar refractivity (Wildman–Crippen MR) is 154 cm³/mol. The number of hydrogen-bond acceptors (Lipinski definition) is 7. The zero-order valence-electron chi connectivity index (χ0n) is 22.3. The van der Waals surface area contributed by atoms with Gasteiger partial charge in [-0.2, -0.15) is 5.10 Å². The fourth-order valence-electron chi connectivity index (χ4n) is 3.71. The summed E-state index contributed by atoms with van der Waals surface area (Å²) in [5.74, 6) is 1.06. The average molecular weight is 574 g/mol. The molecule has 0 saturated heterocycles. The summed E-state index contributed by atoms with van der Waals surface area (Å²) in [4.78, 5) is 12.8. The number of anilines is 1. The van der Waals surface area contributed by atoms with Gasteiger partial charge in [-0.15, -0.1) is 0 Å². The molecule has 11 heteroatoms. The highest BCUT2D eigenvalue weighted by atomic mass is 35.5. The molecule has 1 atom stereocenters. The van der Waals surface area contributed by atoms with E-state index in [1.165, 1.54) is 13.1 Å². The maximum atomic E-state index is 12.8. The van der Waals surface area contributed by atoms with E-state index in [4.69, 9.17) is 25.8 Å². The van der Waals surface area contributed by atoms with Crippen molar-refractivity contribution in [3.8, 4) is 17.2 Å². The normalized spacial score (nSPS) is 12.1. The molecule has 39 heavy (non-hydrogen) atoms. The highest BCUT2D eigenvalue weighted by Crippen LogP contribution is 2.29. The molecule has 3 aromatic rings. The average Bonchev–Trinajstić information content (AvgIpc) is 2.89. The minimum Gasteiger partial charge on any atom is -0.494 e. The summed E-state index contributed by atoms with van der Waals surface area (Å²) in [6.45, 7) is 6.42. The maximum Gasteiger partial charge on any atom is 0.263 e. The molecule has 1 amide bonds. The topological polar surface area (TPSA) is 107 Å². The first-order valence-corrected chi connectivity index (χ1v) is 14.5. The smallest absolute Gasteiger partial charge is 0.263 e. The number of carbonyl (C=O) groups is 1. The van der Waals surface area contributed by atoms with Crippen LogP contribution in [0.4, 0.5) is 5.69 Å². The first-order chi connectivity index (χ1) is 18.6. The van der Waals surface area contributed by atoms with E-state index in [1.54, 1.807) is 48.5 Å². The van der Waals surface area contributed by atoms with Gasteiger partial charge in [-0.25, -0.2) is 13.8 Å². The maximum absolute atomic E-state index is 12.8. The van der Waals surface area contributed by atoms with Crippen molar-refractivity contribution >= 4 is 39.4 Å². The highest BCUT2D eigenvalue weighted by Gasteiger charge is 2.29. The first kappa shape index (κ1) is 29.8. The number of amides is 1. The molecule has 9 nitrogen and oxygen atoms in total. The minimum atomic E-state index is -3.77. The van der Waals surface area contributed by atoms with Crippen molar-refractivity contribution in [2.24, 2.45) is 5.10 Å². The standard InChI is InChI=1S/C28H32ClN3O6S/c1-5-36-25-13-11-24(12-14-25)32(39(4,34)35)20(3)28(33)31-30-18-21-10-15-26(27(17-21)37-6-2)38-19-22-8-7-9-23(29)16-22/h7-18,20H,5-6,19H2,1-4H3,(H,31,33)/b30-18-/t20-/m0/s1. The number of carbonyl (C=O) groups excluding carboxylic acids is 1. The molecule has 0 aliphatic heterocycles. The number of ether oxygens (including phenoxy) is 3. The van der Waals surface area contributed by atoms with Gasteiger partial charge in [0.2, 0.25) is 10.0 Å². The summed E-state index contributed by atoms with van der Waals surface area (Å²) < 4.78 is 43.1. The van der Waals surface area contributed by atoms with Gasteiger partial charge in [-0.3, -0.25) is 9.10 Å². The second-order valence-corrected chi connectivity index (χ2v) is 10.7. The van der Waals surface area contributed by atoms with Crippen LogP contribution in [0.1, 0.15) is 31.9 Å². The summed E-state index contributed by atoms with van der Waals surface area (Å²) >= 11 is 6.04. The van der Waals surface area contributed by atoms with Crippen molar-refractivity contribution in [1.29, 1.82) is 0 Å². The third kappa shape index (κ3) is 8.62. The largest absolute Gasteiger partial charge is 0.494 e. The molecule has 3 aromatic carbocycles. The van der Waals surface area contributed by atoms with Gasteiger partial charge in [-0.05, 0) is 86.5 Å². The molecule has 0 aliphatic carbocycles. The number of rotatable bonds is 13. The van der Waals surface area contributed by atoms with E-state index in [0.717, 1.165) is 16.1 Å². The van der Waals surface area contributed by atoms with Crippen molar-refractivity contribution in [3.05, 3.63) is 82.9 Å². The number of sulfonamides is 1. The Kier molecular flexibility index (Phi) is 10.6. The molecule has 0 fully saturated rings. The summed E-state index contributed by atoms with van der Waals surface area (Å²) in [7, 11) is -3.77. The molecule has 0 spiro atoms. The Hall–Kier alpha value is -3.76. The minimum absolute atomic E-state index is 0.313. The van der Waals surface area contributed by atoms with E-state index in [1.807, 2.05) is 32.0 Å². The molecule has 3 rings (SSSR count). The summed E-state index contributed by atoms with van der Waals surface area (Å²) in [6, 6.07) is 18.1. The van der Waals surface area contributed by atoms with Crippen LogP contribution in [0.5, 0.6) is 17.2 Å². The molecule has 0 aliphatic rings. The van der Waals surface area contributed by atoms with Gasteiger partial charge in [0.05, 0.1) is 31.4 Å². The van der Waals surface area contributed by atoms with Crippen LogP contribution >= 0.6 is 11.6 Å². The lowest BCUT2D eigenvalue weighted by atomic mass is 10.2. The van der Waals surface area contributed by atoms with Crippen molar-refractivity contribution in [2.75, 3.05) is 23.8 Å². The van der Waals surface area contributed by atoms with E-state index >= 15 is 0 Å². The number of nitrogens with zero attached hydrogens (tertiary/aromatic N) is 2. The van der Waals surface area contributed by atoms with Crippen LogP contribution < -0.4 is 23.9 Å². The second kappa shape index (κ2) is 13.9. The van der Waals surface area contributed by atoms with E-state index in [9.17, 15) is 13.2 Å². The summed E-state index contributed by atoms with van der Waals surface area (Å²) in [5, 5.41) is 4.64. The van der Waals surface area contributed by atoms with Gasteiger partial charge < -0.3 is 14.2 Å². The van der Waals surface area contributed by atoms with Crippen molar-refractivity contribution in [1.82, 2.24) is 5.43 Å². The van der Waals surface area contributed by atoms with Crippen LogP contribution in [0.15, 0.2) is 71.8 Å². The molecule has 0 heterocycles. The molecular formula is C28H32ClN3O6S. The van der Waals surface area contributed by atoms with Gasteiger partial charge in [-0.1, -0.05) is 23.7 Å². The molecule has 208 valence electrons. The Morgan fingerprint density at radius 2 is 1.72 bits per heavy atom. The third-order valence-corrected chi connectivity index (χ3v) is 6.91. The zero-order valence-corrected chi connectivity index (χ0v) is 23.8. The Balaban J connectivity index is 1.69. The number of benzene rings is 3. The Bertz CT molecular complexity index is 1400. The van der Waals surface area contributed by atoms with Crippen molar-refractivity contribution < 1.29 is 27.4 Å². The lowest BCUT2D eigenvalue weighted by molar-refractivity contribution is -0.121. The molecule has 0 bridgehead atoms. The molecule has 0 radical (unpaired) electrons. The van der Waals surface area contributed by atoms with E-state index in [0.29, 0.717) is 53.3 Å². The fraction of sp³-hybridized carbons (Fsp3) is 0.286. The van der Waals surface area contributed by atoms with Crippen LogP contribution in [0, 0.1) is 0 Å². The Morgan fingerprint density at radius 3 is 2.36 bits per heavy atom. The van der Waals surface area contributed by atoms with Crippen molar-refractivity contribution in [2.45, 2.75) is 33.4 Å². The summed E-state index contributed by atoms with van der Waals surface area (Å²) in [6.07, 6.45) is 2.48. The van der Waals surface area contributed by atoms with Gasteiger partial charge in [0.1, 0.15) is 18.4 Å². The molecule has 1 N–H and O–H groups in total. The first-order valence-electron chi connectivity index (χ1n) is 12.3. The highest BCUT2D eigenvalue weighted by molar-refractivity contribution is 7.92. The van der Waals surface area contributed by atoms with Crippen LogP contribution in [0.2, 0.25) is 5.02 Å². The molecule has 0 unspecified atom stereocenters. The van der Waals surface area contributed by atoms with E-state index in [2.05, 4.69) is 10.5 Å². The Labute approximate surface area is 234 Å². The summed E-state index contributed by atoms with van der Waals surface area (Å²) in [5.41, 5.74) is 4.32. The molecular weight excluding hydrogens is 542 g/mol. The van der Waals surface area contributed by atoms with E-state index < -0.39 is 22.0 Å². The number of hydrogen-bond donors (Lipinski definition) is 1. The van der Waals surface area contributed by atoms with Crippen molar-refractivity contribution in [3.63, 3.8) is 0 Å². The number of hydrazone groups is 1. The number of nitrogens with one attached hydrogen (secondary N) is 1. The van der Waals surface area contributed by atoms with Gasteiger partial charge in [0.25, 0.3) is 5.91 Å². The lowest BCUT2D eigenvalue weighted by Gasteiger charge is -2.27. The van der Waals surface area contributed by atoms with Gasteiger partial charge in [0.15, 0.2) is 11.5 Å². The zero-order chi connectivity index (χ0) is 28.4.